The predicted molar refractivity (Wildman–Crippen MR) is 145 cm³/mol. The monoisotopic (exact) mass is 521 g/mol. The van der Waals surface area contributed by atoms with E-state index in [4.69, 9.17) is 32.2 Å². The average Bonchev–Trinajstić information content (AvgIpc) is 3.35. The first-order chi connectivity index (χ1) is 17.8. The maximum atomic E-state index is 15.9. The molecule has 0 fully saturated rings. The molecule has 1 heterocycles. The number of benzene rings is 3. The third-order valence-electron chi connectivity index (χ3n) is 5.57. The molecule has 37 heavy (non-hydrogen) atoms. The summed E-state index contributed by atoms with van der Waals surface area (Å²) in [6.07, 6.45) is 1.43. The lowest BCUT2D eigenvalue weighted by Gasteiger charge is -2.22. The van der Waals surface area contributed by atoms with E-state index >= 15 is 4.39 Å². The molecule has 3 aromatic carbocycles. The molecule has 0 amide bonds. The molecule has 4 aromatic rings. The number of ether oxygens (including phenoxy) is 2. The van der Waals surface area contributed by atoms with E-state index in [0.717, 1.165) is 5.56 Å². The van der Waals surface area contributed by atoms with Gasteiger partial charge in [-0.15, -0.1) is 0 Å². The Bertz CT molecular complexity index is 1390. The van der Waals surface area contributed by atoms with Crippen LogP contribution in [0.15, 0.2) is 66.9 Å². The second-order valence-electron chi connectivity index (χ2n) is 8.65. The number of nitrogens with zero attached hydrogens (tertiary/aromatic N) is 1. The van der Waals surface area contributed by atoms with Gasteiger partial charge in [-0.25, -0.2) is 9.37 Å². The minimum atomic E-state index is -0.741. The van der Waals surface area contributed by atoms with Crippen LogP contribution in [0.3, 0.4) is 0 Å². The highest BCUT2D eigenvalue weighted by molar-refractivity contribution is 6.33. The van der Waals surface area contributed by atoms with Crippen molar-refractivity contribution in [2.24, 2.45) is 5.73 Å². The van der Waals surface area contributed by atoms with Crippen molar-refractivity contribution in [3.05, 3.63) is 94.7 Å². The summed E-state index contributed by atoms with van der Waals surface area (Å²) < 4.78 is 27.4. The van der Waals surface area contributed by atoms with Crippen molar-refractivity contribution in [3.8, 4) is 22.8 Å². The Kier molecular flexibility index (Phi) is 7.98. The van der Waals surface area contributed by atoms with Crippen LogP contribution >= 0.6 is 11.6 Å². The SMILES string of the molecule is CCOc1cc(OC(C)C)c(F)c(C(Nc2ccc(C(=N)N)cc2)c2ncc(-c3ccccc3Cl)[nH]2)c1. The number of aromatic nitrogens is 2. The molecule has 0 aliphatic rings. The highest BCUT2D eigenvalue weighted by Gasteiger charge is 2.26. The van der Waals surface area contributed by atoms with Crippen LogP contribution in [0, 0.1) is 11.2 Å². The summed E-state index contributed by atoms with van der Waals surface area (Å²) >= 11 is 6.40. The van der Waals surface area contributed by atoms with Gasteiger partial charge in [-0.1, -0.05) is 29.8 Å². The zero-order valence-corrected chi connectivity index (χ0v) is 21.6. The summed E-state index contributed by atoms with van der Waals surface area (Å²) in [5.74, 6) is 0.475. The fourth-order valence-corrected chi connectivity index (χ4v) is 4.14. The second kappa shape index (κ2) is 11.3. The highest BCUT2D eigenvalue weighted by atomic mass is 35.5. The van der Waals surface area contributed by atoms with E-state index in [-0.39, 0.29) is 23.3 Å². The molecule has 0 radical (unpaired) electrons. The Labute approximate surface area is 220 Å². The fraction of sp³-hybridized carbons (Fsp3) is 0.214. The number of hydrogen-bond acceptors (Lipinski definition) is 5. The van der Waals surface area contributed by atoms with Crippen LogP contribution in [-0.4, -0.2) is 28.5 Å². The summed E-state index contributed by atoms with van der Waals surface area (Å²) in [5, 5.41) is 11.6. The van der Waals surface area contributed by atoms with Crippen LogP contribution in [-0.2, 0) is 0 Å². The van der Waals surface area contributed by atoms with Crippen LogP contribution in [0.25, 0.3) is 11.3 Å². The molecule has 0 saturated carbocycles. The average molecular weight is 522 g/mol. The molecule has 0 aliphatic carbocycles. The second-order valence-corrected chi connectivity index (χ2v) is 9.06. The molecule has 1 unspecified atom stereocenters. The summed E-state index contributed by atoms with van der Waals surface area (Å²) in [6, 6.07) is 16.9. The maximum absolute atomic E-state index is 15.9. The summed E-state index contributed by atoms with van der Waals surface area (Å²) in [4.78, 5) is 7.88. The molecule has 0 aliphatic heterocycles. The zero-order chi connectivity index (χ0) is 26.5. The van der Waals surface area contributed by atoms with E-state index in [9.17, 15) is 0 Å². The van der Waals surface area contributed by atoms with Crippen molar-refractivity contribution in [1.29, 1.82) is 5.41 Å². The Hall–Kier alpha value is -4.04. The van der Waals surface area contributed by atoms with Crippen LogP contribution in [0.5, 0.6) is 11.5 Å². The van der Waals surface area contributed by atoms with E-state index < -0.39 is 11.9 Å². The Morgan fingerprint density at radius 3 is 2.54 bits per heavy atom. The van der Waals surface area contributed by atoms with Crippen molar-refractivity contribution in [1.82, 2.24) is 9.97 Å². The van der Waals surface area contributed by atoms with Gasteiger partial charge in [0.15, 0.2) is 11.6 Å². The van der Waals surface area contributed by atoms with Gasteiger partial charge in [0.05, 0.1) is 24.6 Å². The molecule has 0 saturated heterocycles. The van der Waals surface area contributed by atoms with E-state index in [2.05, 4.69) is 15.3 Å². The minimum Gasteiger partial charge on any atom is -0.494 e. The first kappa shape index (κ1) is 26.0. The van der Waals surface area contributed by atoms with Gasteiger partial charge < -0.3 is 25.5 Å². The van der Waals surface area contributed by atoms with Gasteiger partial charge in [0.2, 0.25) is 0 Å². The molecule has 0 spiro atoms. The van der Waals surface area contributed by atoms with Gasteiger partial charge in [-0.05, 0) is 57.2 Å². The number of nitrogens with one attached hydrogen (secondary N) is 3. The van der Waals surface area contributed by atoms with E-state index in [0.29, 0.717) is 40.1 Å². The van der Waals surface area contributed by atoms with Crippen molar-refractivity contribution < 1.29 is 13.9 Å². The number of hydrogen-bond donors (Lipinski definition) is 4. The van der Waals surface area contributed by atoms with Crippen LogP contribution in [0.1, 0.15) is 43.8 Å². The Morgan fingerprint density at radius 2 is 1.89 bits per heavy atom. The zero-order valence-electron chi connectivity index (χ0n) is 20.8. The van der Waals surface area contributed by atoms with E-state index in [1.54, 1.807) is 48.7 Å². The number of H-pyrrole nitrogens is 1. The molecular weight excluding hydrogens is 493 g/mol. The summed E-state index contributed by atoms with van der Waals surface area (Å²) in [7, 11) is 0. The van der Waals surface area contributed by atoms with E-state index in [1.165, 1.54) is 0 Å². The predicted octanol–water partition coefficient (Wildman–Crippen LogP) is 6.54. The normalized spacial score (nSPS) is 11.8. The number of amidine groups is 1. The van der Waals surface area contributed by atoms with Crippen LogP contribution in [0.4, 0.5) is 10.1 Å². The summed E-state index contributed by atoms with van der Waals surface area (Å²) in [5.41, 5.74) is 8.62. The number of nitrogens with two attached hydrogens (primary N) is 1. The number of rotatable bonds is 10. The first-order valence-electron chi connectivity index (χ1n) is 11.9. The molecule has 9 heteroatoms. The van der Waals surface area contributed by atoms with E-state index in [1.807, 2.05) is 39.0 Å². The number of anilines is 1. The van der Waals surface area contributed by atoms with Crippen molar-refractivity contribution in [2.45, 2.75) is 32.9 Å². The fourth-order valence-electron chi connectivity index (χ4n) is 3.90. The smallest absolute Gasteiger partial charge is 0.171 e. The molecule has 0 bridgehead atoms. The number of imidazole rings is 1. The molecule has 1 aromatic heterocycles. The van der Waals surface area contributed by atoms with Crippen molar-refractivity contribution in [3.63, 3.8) is 0 Å². The number of aromatic amines is 1. The topological polar surface area (TPSA) is 109 Å². The molecule has 4 rings (SSSR count). The van der Waals surface area contributed by atoms with Crippen molar-refractivity contribution >= 4 is 23.1 Å². The third-order valence-corrected chi connectivity index (χ3v) is 5.90. The molecule has 1 atom stereocenters. The quantitative estimate of drug-likeness (QED) is 0.140. The third kappa shape index (κ3) is 6.03. The maximum Gasteiger partial charge on any atom is 0.171 e. The van der Waals surface area contributed by atoms with Gasteiger partial charge in [0.1, 0.15) is 23.5 Å². The first-order valence-corrected chi connectivity index (χ1v) is 12.3. The molecule has 5 N–H and O–H groups in total. The van der Waals surface area contributed by atoms with Gasteiger partial charge in [0, 0.05) is 33.5 Å². The van der Waals surface area contributed by atoms with Crippen LogP contribution in [0.2, 0.25) is 5.02 Å². The number of nitrogen functional groups attached to an aromatic ring is 1. The van der Waals surface area contributed by atoms with Gasteiger partial charge in [-0.3, -0.25) is 5.41 Å². The minimum absolute atomic E-state index is 0.0375. The van der Waals surface area contributed by atoms with Gasteiger partial charge in [0.25, 0.3) is 0 Å². The van der Waals surface area contributed by atoms with Gasteiger partial charge >= 0.3 is 0 Å². The van der Waals surface area contributed by atoms with Gasteiger partial charge in [-0.2, -0.15) is 0 Å². The largest absolute Gasteiger partial charge is 0.494 e. The lowest BCUT2D eigenvalue weighted by molar-refractivity contribution is 0.228. The number of halogens is 2. The molecule has 7 nitrogen and oxygen atoms in total. The summed E-state index contributed by atoms with van der Waals surface area (Å²) in [6.45, 7) is 5.94. The molecular formula is C28H29ClFN5O2. The van der Waals surface area contributed by atoms with Crippen molar-refractivity contribution in [2.75, 3.05) is 11.9 Å². The Morgan fingerprint density at radius 1 is 1.16 bits per heavy atom. The molecule has 192 valence electrons. The standard InChI is InChI=1S/C28H29ClFN5O2/c1-4-36-19-13-21(25(30)24(14-19)37-16(2)3)26(34-18-11-9-17(10-12-18)27(31)32)28-33-15-23(35-28)20-7-5-6-8-22(20)29/h5-16,26,34H,4H2,1-3H3,(H3,31,32)(H,33,35). The Balaban J connectivity index is 1.83. The van der Waals surface area contributed by atoms with Crippen LogP contribution < -0.4 is 20.5 Å². The lowest BCUT2D eigenvalue weighted by atomic mass is 10.0. The lowest BCUT2D eigenvalue weighted by Crippen LogP contribution is -2.18. The highest BCUT2D eigenvalue weighted by Crippen LogP contribution is 2.36.